The van der Waals surface area contributed by atoms with Crippen LogP contribution in [0.15, 0.2) is 53.0 Å². The minimum Gasteiger partial charge on any atom is -0.390 e. The molecule has 4 fully saturated rings. The molecule has 2 aromatic rings. The smallest absolute Gasteiger partial charge is 0.255 e. The van der Waals surface area contributed by atoms with Gasteiger partial charge >= 0.3 is 0 Å². The van der Waals surface area contributed by atoms with Gasteiger partial charge in [-0.15, -0.1) is 0 Å². The SMILES string of the molecule is CN(C)C1CC23CCC4(O2)C(=CCC2(C)C(c5ccc6c(=O)[nH]ccc6c5)=CCC24)C2CC23C(O)C1O. The van der Waals surface area contributed by atoms with Crippen molar-refractivity contribution < 1.29 is 14.9 Å². The highest BCUT2D eigenvalue weighted by Crippen LogP contribution is 2.81. The number of aliphatic hydroxyl groups is 2. The highest BCUT2D eigenvalue weighted by molar-refractivity contribution is 5.87. The molecule has 2 aliphatic heterocycles. The molecule has 194 valence electrons. The van der Waals surface area contributed by atoms with E-state index in [4.69, 9.17) is 4.74 Å². The average molecular weight is 501 g/mol. The second kappa shape index (κ2) is 6.84. The van der Waals surface area contributed by atoms with Crippen molar-refractivity contribution in [2.45, 2.75) is 74.9 Å². The van der Waals surface area contributed by atoms with Crippen molar-refractivity contribution in [1.82, 2.24) is 9.88 Å². The van der Waals surface area contributed by atoms with Crippen molar-refractivity contribution in [2.24, 2.45) is 22.7 Å². The summed E-state index contributed by atoms with van der Waals surface area (Å²) in [7, 11) is 4.00. The molecule has 4 aliphatic carbocycles. The van der Waals surface area contributed by atoms with Crippen LogP contribution in [0.4, 0.5) is 0 Å². The molecule has 9 atom stereocenters. The summed E-state index contributed by atoms with van der Waals surface area (Å²) in [5.74, 6) is 0.669. The third-order valence-electron chi connectivity index (χ3n) is 11.8. The number of hydrogen-bond acceptors (Lipinski definition) is 5. The van der Waals surface area contributed by atoms with Gasteiger partial charge in [-0.25, -0.2) is 0 Å². The van der Waals surface area contributed by atoms with Gasteiger partial charge in [0.1, 0.15) is 0 Å². The molecule has 1 aromatic heterocycles. The molecular weight excluding hydrogens is 464 g/mol. The molecule has 37 heavy (non-hydrogen) atoms. The molecule has 0 amide bonds. The number of nitrogens with zero attached hydrogens (tertiary/aromatic N) is 1. The number of nitrogens with one attached hydrogen (secondary N) is 1. The van der Waals surface area contributed by atoms with Gasteiger partial charge in [-0.05, 0) is 98.8 Å². The Morgan fingerprint density at radius 3 is 2.76 bits per heavy atom. The number of likely N-dealkylation sites (N-methyl/N-ethyl adjacent to an activating group) is 1. The molecule has 3 heterocycles. The van der Waals surface area contributed by atoms with Crippen molar-refractivity contribution in [3.05, 3.63) is 64.1 Å². The van der Waals surface area contributed by atoms with Gasteiger partial charge < -0.3 is 24.8 Å². The van der Waals surface area contributed by atoms with Crippen LogP contribution < -0.4 is 5.56 Å². The second-order valence-electron chi connectivity index (χ2n) is 13.2. The van der Waals surface area contributed by atoms with Crippen LogP contribution in [-0.4, -0.2) is 63.6 Å². The summed E-state index contributed by atoms with van der Waals surface area (Å²) in [6.45, 7) is 2.41. The fourth-order valence-electron chi connectivity index (χ4n) is 9.99. The molecule has 9 unspecified atom stereocenters. The molecule has 2 saturated heterocycles. The second-order valence-corrected chi connectivity index (χ2v) is 13.2. The number of benzene rings is 1. The number of aliphatic hydroxyl groups excluding tert-OH is 2. The number of rotatable bonds is 2. The fraction of sp³-hybridized carbons (Fsp3) is 0.581. The summed E-state index contributed by atoms with van der Waals surface area (Å²) in [6.07, 6.45) is 10.7. The number of ether oxygens (including phenoxy) is 1. The topological polar surface area (TPSA) is 85.8 Å². The summed E-state index contributed by atoms with van der Waals surface area (Å²) in [6, 6.07) is 8.12. The molecule has 8 rings (SSSR count). The molecule has 6 aliphatic rings. The van der Waals surface area contributed by atoms with Crippen LogP contribution in [0.1, 0.15) is 51.0 Å². The fourth-order valence-corrected chi connectivity index (χ4v) is 9.99. The van der Waals surface area contributed by atoms with E-state index >= 15 is 0 Å². The van der Waals surface area contributed by atoms with E-state index in [9.17, 15) is 15.0 Å². The van der Waals surface area contributed by atoms with Gasteiger partial charge in [-0.3, -0.25) is 4.79 Å². The molecule has 3 spiro atoms. The third-order valence-corrected chi connectivity index (χ3v) is 11.8. The van der Waals surface area contributed by atoms with Gasteiger partial charge in [-0.1, -0.05) is 25.1 Å². The Morgan fingerprint density at radius 1 is 1.11 bits per heavy atom. The Hall–Kier alpha value is -2.25. The Balaban J connectivity index is 1.21. The van der Waals surface area contributed by atoms with Crippen molar-refractivity contribution in [3.8, 4) is 0 Å². The highest BCUT2D eigenvalue weighted by atomic mass is 16.5. The van der Waals surface area contributed by atoms with Crippen molar-refractivity contribution in [1.29, 1.82) is 0 Å². The monoisotopic (exact) mass is 500 g/mol. The quantitative estimate of drug-likeness (QED) is 0.549. The van der Waals surface area contributed by atoms with E-state index in [1.807, 2.05) is 26.2 Å². The molecule has 6 nitrogen and oxygen atoms in total. The predicted molar refractivity (Wildman–Crippen MR) is 142 cm³/mol. The molecule has 2 bridgehead atoms. The maximum absolute atomic E-state index is 12.3. The van der Waals surface area contributed by atoms with Gasteiger partial charge in [0.2, 0.25) is 0 Å². The van der Waals surface area contributed by atoms with Gasteiger partial charge in [0.25, 0.3) is 5.56 Å². The van der Waals surface area contributed by atoms with Gasteiger partial charge in [0.15, 0.2) is 0 Å². The summed E-state index contributed by atoms with van der Waals surface area (Å²) in [5.41, 5.74) is 2.89. The van der Waals surface area contributed by atoms with E-state index in [2.05, 4.69) is 41.1 Å². The van der Waals surface area contributed by atoms with Crippen LogP contribution in [-0.2, 0) is 4.74 Å². The Bertz CT molecular complexity index is 1480. The zero-order valence-electron chi connectivity index (χ0n) is 21.8. The first-order valence-electron chi connectivity index (χ1n) is 13.9. The first kappa shape index (κ1) is 22.7. The average Bonchev–Trinajstić information content (AvgIpc) is 3.40. The molecule has 0 radical (unpaired) electrons. The van der Waals surface area contributed by atoms with Gasteiger partial charge in [0.05, 0.1) is 23.4 Å². The number of aromatic amines is 1. The van der Waals surface area contributed by atoms with Crippen LogP contribution in [0.25, 0.3) is 16.3 Å². The normalized spacial score (nSPS) is 47.1. The largest absolute Gasteiger partial charge is 0.390 e. The van der Waals surface area contributed by atoms with E-state index in [1.165, 1.54) is 16.7 Å². The summed E-state index contributed by atoms with van der Waals surface area (Å²) >= 11 is 0. The number of allylic oxidation sites excluding steroid dienone is 3. The zero-order chi connectivity index (χ0) is 25.5. The Kier molecular flexibility index (Phi) is 4.20. The van der Waals surface area contributed by atoms with Crippen molar-refractivity contribution in [3.63, 3.8) is 0 Å². The van der Waals surface area contributed by atoms with E-state index in [-0.39, 0.29) is 33.6 Å². The summed E-state index contributed by atoms with van der Waals surface area (Å²) in [4.78, 5) is 17.1. The van der Waals surface area contributed by atoms with Crippen LogP contribution in [0, 0.1) is 22.7 Å². The van der Waals surface area contributed by atoms with E-state index < -0.39 is 12.2 Å². The van der Waals surface area contributed by atoms with Crippen LogP contribution in [0.5, 0.6) is 0 Å². The standard InChI is InChI=1S/C31H36N2O4/c1-28-10-8-21-22-15-30(22)26(35)25(34)23(33(2)3)16-29(30)11-12-31(21,37-29)24(28)7-6-20(28)18-4-5-19-17(14-18)9-13-32-27(19)36/h4-6,8-9,13-14,22-26,34-35H,7,10-12,15-16H2,1-3H3,(H,32,36). The highest BCUT2D eigenvalue weighted by Gasteiger charge is 2.84. The molecule has 6 heteroatoms. The molecular formula is C31H36N2O4. The maximum atomic E-state index is 12.3. The molecule has 3 N–H and O–H groups in total. The number of aromatic nitrogens is 1. The summed E-state index contributed by atoms with van der Waals surface area (Å²) in [5, 5.41) is 24.3. The minimum atomic E-state index is -0.748. The lowest BCUT2D eigenvalue weighted by atomic mass is 9.57. The number of fused-ring (bicyclic) bond motifs is 3. The van der Waals surface area contributed by atoms with Crippen LogP contribution >= 0.6 is 0 Å². The Morgan fingerprint density at radius 2 is 1.95 bits per heavy atom. The van der Waals surface area contributed by atoms with Gasteiger partial charge in [0, 0.05) is 34.4 Å². The first-order chi connectivity index (χ1) is 17.7. The zero-order valence-corrected chi connectivity index (χ0v) is 21.8. The van der Waals surface area contributed by atoms with Crippen molar-refractivity contribution in [2.75, 3.05) is 14.1 Å². The molecule has 1 aromatic carbocycles. The van der Waals surface area contributed by atoms with E-state index in [0.29, 0.717) is 11.8 Å². The number of hydrogen-bond donors (Lipinski definition) is 3. The van der Waals surface area contributed by atoms with Crippen molar-refractivity contribution >= 4 is 16.3 Å². The minimum absolute atomic E-state index is 0.0479. The van der Waals surface area contributed by atoms with Crippen LogP contribution in [0.2, 0.25) is 0 Å². The predicted octanol–water partition coefficient (Wildman–Crippen LogP) is 3.63. The van der Waals surface area contributed by atoms with Gasteiger partial charge in [-0.2, -0.15) is 0 Å². The van der Waals surface area contributed by atoms with Crippen LogP contribution in [0.3, 0.4) is 0 Å². The van der Waals surface area contributed by atoms with E-state index in [1.54, 1.807) is 6.20 Å². The Labute approximate surface area is 217 Å². The summed E-state index contributed by atoms with van der Waals surface area (Å²) < 4.78 is 7.43. The number of H-pyrrole nitrogens is 1. The lowest BCUT2D eigenvalue weighted by Crippen LogP contribution is -2.67. The first-order valence-corrected chi connectivity index (χ1v) is 13.9. The number of pyridine rings is 1. The maximum Gasteiger partial charge on any atom is 0.255 e. The lowest BCUT2D eigenvalue weighted by molar-refractivity contribution is -0.248. The molecule has 2 saturated carbocycles. The van der Waals surface area contributed by atoms with E-state index in [0.717, 1.165) is 49.3 Å². The lowest BCUT2D eigenvalue weighted by Gasteiger charge is -2.59. The third kappa shape index (κ3) is 2.45.